The van der Waals surface area contributed by atoms with Crippen LogP contribution in [0.2, 0.25) is 5.02 Å². The lowest BCUT2D eigenvalue weighted by atomic mass is 10.2. The number of aldehydes is 1. The van der Waals surface area contributed by atoms with Crippen LogP contribution in [-0.2, 0) is 0 Å². The van der Waals surface area contributed by atoms with Crippen LogP contribution in [0.25, 0.3) is 0 Å². The Morgan fingerprint density at radius 3 is 2.52 bits per heavy atom. The molecule has 0 aliphatic rings. The van der Waals surface area contributed by atoms with Gasteiger partial charge in [-0.1, -0.05) is 11.6 Å². The van der Waals surface area contributed by atoms with E-state index in [1.807, 2.05) is 0 Å². The Morgan fingerprint density at radius 1 is 1.14 bits per heavy atom. The molecule has 21 heavy (non-hydrogen) atoms. The standard InChI is InChI=1S/C14H10ClNO5/c1-20-12-5-4-11(16(18)19)7-14(12)21-13-6-10(15)3-2-9(13)8-17/h2-8H,1H3. The fourth-order valence-corrected chi connectivity index (χ4v) is 1.83. The number of non-ortho nitro benzene ring substituents is 1. The summed E-state index contributed by atoms with van der Waals surface area (Å²) in [6.45, 7) is 0. The van der Waals surface area contributed by atoms with Crippen molar-refractivity contribution in [3.05, 3.63) is 57.1 Å². The number of ether oxygens (including phenoxy) is 2. The van der Waals surface area contributed by atoms with Crippen LogP contribution in [0.3, 0.4) is 0 Å². The molecule has 0 unspecified atom stereocenters. The Morgan fingerprint density at radius 2 is 1.90 bits per heavy atom. The minimum absolute atomic E-state index is 0.122. The number of carbonyl (C=O) groups excluding carboxylic acids is 1. The van der Waals surface area contributed by atoms with Crippen LogP contribution in [0.4, 0.5) is 5.69 Å². The van der Waals surface area contributed by atoms with Gasteiger partial charge in [-0.05, 0) is 18.2 Å². The second-order valence-corrected chi connectivity index (χ2v) is 4.43. The van der Waals surface area contributed by atoms with Crippen molar-refractivity contribution in [3.8, 4) is 17.2 Å². The molecular formula is C14H10ClNO5. The van der Waals surface area contributed by atoms with Crippen LogP contribution >= 0.6 is 11.6 Å². The lowest BCUT2D eigenvalue weighted by Crippen LogP contribution is -1.95. The zero-order valence-corrected chi connectivity index (χ0v) is 11.7. The molecule has 108 valence electrons. The molecule has 0 heterocycles. The zero-order valence-electron chi connectivity index (χ0n) is 10.9. The number of carbonyl (C=O) groups is 1. The molecular weight excluding hydrogens is 298 g/mol. The van der Waals surface area contributed by atoms with Crippen LogP contribution in [0.5, 0.6) is 17.2 Å². The van der Waals surface area contributed by atoms with Gasteiger partial charge in [0.15, 0.2) is 17.8 Å². The first kappa shape index (κ1) is 14.8. The monoisotopic (exact) mass is 307 g/mol. The summed E-state index contributed by atoms with van der Waals surface area (Å²) in [7, 11) is 1.41. The van der Waals surface area contributed by atoms with E-state index in [1.54, 1.807) is 6.07 Å². The normalized spacial score (nSPS) is 10.0. The molecule has 0 saturated carbocycles. The van der Waals surface area contributed by atoms with Crippen molar-refractivity contribution in [2.24, 2.45) is 0 Å². The molecule has 0 atom stereocenters. The minimum atomic E-state index is -0.551. The summed E-state index contributed by atoms with van der Waals surface area (Å²) in [4.78, 5) is 21.3. The van der Waals surface area contributed by atoms with Gasteiger partial charge in [0.25, 0.3) is 5.69 Å². The van der Waals surface area contributed by atoms with E-state index in [1.165, 1.54) is 37.4 Å². The summed E-state index contributed by atoms with van der Waals surface area (Å²) in [5.41, 5.74) is 0.119. The van der Waals surface area contributed by atoms with Gasteiger partial charge in [0.1, 0.15) is 5.75 Å². The Labute approximate surface area is 125 Å². The Bertz CT molecular complexity index is 702. The second-order valence-electron chi connectivity index (χ2n) is 3.99. The van der Waals surface area contributed by atoms with Crippen LogP contribution in [0, 0.1) is 10.1 Å². The van der Waals surface area contributed by atoms with Crippen molar-refractivity contribution < 1.29 is 19.2 Å². The van der Waals surface area contributed by atoms with Crippen LogP contribution in [-0.4, -0.2) is 18.3 Å². The average molecular weight is 308 g/mol. The van der Waals surface area contributed by atoms with E-state index >= 15 is 0 Å². The Balaban J connectivity index is 2.47. The van der Waals surface area contributed by atoms with Crippen molar-refractivity contribution >= 4 is 23.6 Å². The number of nitro groups is 1. The van der Waals surface area contributed by atoms with Gasteiger partial charge in [-0.25, -0.2) is 0 Å². The lowest BCUT2D eigenvalue weighted by Gasteiger charge is -2.11. The Hall–Kier alpha value is -2.60. The number of hydrogen-bond donors (Lipinski definition) is 0. The van der Waals surface area contributed by atoms with E-state index < -0.39 is 4.92 Å². The summed E-state index contributed by atoms with van der Waals surface area (Å²) < 4.78 is 10.6. The fraction of sp³-hybridized carbons (Fsp3) is 0.0714. The molecule has 0 aromatic heterocycles. The maximum Gasteiger partial charge on any atom is 0.273 e. The van der Waals surface area contributed by atoms with Crippen LogP contribution in [0.1, 0.15) is 10.4 Å². The molecule has 2 aromatic rings. The van der Waals surface area contributed by atoms with E-state index in [9.17, 15) is 14.9 Å². The maximum atomic E-state index is 11.0. The molecule has 2 aromatic carbocycles. The summed E-state index contributed by atoms with van der Waals surface area (Å²) >= 11 is 5.86. The van der Waals surface area contributed by atoms with E-state index in [4.69, 9.17) is 21.1 Å². The van der Waals surface area contributed by atoms with Crippen LogP contribution in [0.15, 0.2) is 36.4 Å². The summed E-state index contributed by atoms with van der Waals surface area (Å²) in [5.74, 6) is 0.616. The topological polar surface area (TPSA) is 78.7 Å². The third-order valence-electron chi connectivity index (χ3n) is 2.68. The third kappa shape index (κ3) is 3.29. The van der Waals surface area contributed by atoms with Gasteiger partial charge in [0, 0.05) is 17.2 Å². The highest BCUT2D eigenvalue weighted by Crippen LogP contribution is 2.36. The first-order valence-corrected chi connectivity index (χ1v) is 6.18. The molecule has 0 amide bonds. The molecule has 0 aliphatic heterocycles. The van der Waals surface area contributed by atoms with Gasteiger partial charge in [-0.3, -0.25) is 14.9 Å². The van der Waals surface area contributed by atoms with Gasteiger partial charge in [0.2, 0.25) is 0 Å². The molecule has 6 nitrogen and oxygen atoms in total. The molecule has 0 N–H and O–H groups in total. The van der Waals surface area contributed by atoms with Crippen molar-refractivity contribution in [1.29, 1.82) is 0 Å². The highest BCUT2D eigenvalue weighted by atomic mass is 35.5. The van der Waals surface area contributed by atoms with Gasteiger partial charge in [-0.15, -0.1) is 0 Å². The number of benzene rings is 2. The molecule has 0 radical (unpaired) electrons. The Kier molecular flexibility index (Phi) is 4.39. The SMILES string of the molecule is COc1ccc([N+](=O)[O-])cc1Oc1cc(Cl)ccc1C=O. The molecule has 7 heteroatoms. The largest absolute Gasteiger partial charge is 0.493 e. The van der Waals surface area contributed by atoms with Gasteiger partial charge >= 0.3 is 0 Å². The quantitative estimate of drug-likeness (QED) is 0.476. The molecule has 0 aliphatic carbocycles. The minimum Gasteiger partial charge on any atom is -0.493 e. The van der Waals surface area contributed by atoms with Crippen molar-refractivity contribution in [1.82, 2.24) is 0 Å². The molecule has 0 saturated heterocycles. The maximum absolute atomic E-state index is 11.0. The molecule has 0 fully saturated rings. The fourth-order valence-electron chi connectivity index (χ4n) is 1.67. The van der Waals surface area contributed by atoms with Crippen molar-refractivity contribution in [3.63, 3.8) is 0 Å². The van der Waals surface area contributed by atoms with Crippen molar-refractivity contribution in [2.45, 2.75) is 0 Å². The number of nitro benzene ring substituents is 1. The highest BCUT2D eigenvalue weighted by Gasteiger charge is 2.15. The molecule has 2 rings (SSSR count). The molecule has 0 bridgehead atoms. The van der Waals surface area contributed by atoms with Gasteiger partial charge < -0.3 is 9.47 Å². The summed E-state index contributed by atoms with van der Waals surface area (Å²) in [6.07, 6.45) is 0.607. The van der Waals surface area contributed by atoms with E-state index in [0.717, 1.165) is 0 Å². The number of hydrogen-bond acceptors (Lipinski definition) is 5. The van der Waals surface area contributed by atoms with Gasteiger partial charge in [0.05, 0.1) is 23.7 Å². The van der Waals surface area contributed by atoms with Crippen molar-refractivity contribution in [2.75, 3.05) is 7.11 Å². The van der Waals surface area contributed by atoms with Gasteiger partial charge in [-0.2, -0.15) is 0 Å². The number of nitrogens with zero attached hydrogens (tertiary/aromatic N) is 1. The molecule has 0 spiro atoms. The third-order valence-corrected chi connectivity index (χ3v) is 2.92. The summed E-state index contributed by atoms with van der Waals surface area (Å²) in [6, 6.07) is 8.41. The predicted molar refractivity (Wildman–Crippen MR) is 76.6 cm³/mol. The zero-order chi connectivity index (χ0) is 15.4. The van der Waals surface area contributed by atoms with E-state index in [0.29, 0.717) is 17.1 Å². The first-order chi connectivity index (χ1) is 10.0. The summed E-state index contributed by atoms with van der Waals surface area (Å²) in [5, 5.41) is 11.2. The average Bonchev–Trinajstić information content (AvgIpc) is 2.47. The predicted octanol–water partition coefficient (Wildman–Crippen LogP) is 3.86. The van der Waals surface area contributed by atoms with E-state index in [2.05, 4.69) is 0 Å². The number of rotatable bonds is 5. The smallest absolute Gasteiger partial charge is 0.273 e. The lowest BCUT2D eigenvalue weighted by molar-refractivity contribution is -0.384. The highest BCUT2D eigenvalue weighted by molar-refractivity contribution is 6.30. The number of methoxy groups -OCH3 is 1. The van der Waals surface area contributed by atoms with E-state index in [-0.39, 0.29) is 22.7 Å². The number of halogens is 1. The second kappa shape index (κ2) is 6.23. The first-order valence-electron chi connectivity index (χ1n) is 5.80. The van der Waals surface area contributed by atoms with Crippen LogP contribution < -0.4 is 9.47 Å².